The predicted molar refractivity (Wildman–Crippen MR) is 62.8 cm³/mol. The Balaban J connectivity index is 1.93. The minimum atomic E-state index is -0.592. The summed E-state index contributed by atoms with van der Waals surface area (Å²) in [5, 5.41) is 2.61. The molecule has 1 amide bonds. The lowest BCUT2D eigenvalue weighted by atomic mass is 10.2. The van der Waals surface area contributed by atoms with E-state index in [1.54, 1.807) is 24.3 Å². The van der Waals surface area contributed by atoms with Crippen LogP contribution in [0.25, 0.3) is 0 Å². The highest BCUT2D eigenvalue weighted by molar-refractivity contribution is 6.42. The molecule has 0 saturated heterocycles. The first-order valence-electron chi connectivity index (χ1n) is 5.40. The number of nitrogens with one attached hydrogen (secondary N) is 1. The maximum Gasteiger partial charge on any atom is 0.251 e. The maximum atomic E-state index is 11.7. The summed E-state index contributed by atoms with van der Waals surface area (Å²) in [5.74, 6) is -1.13. The van der Waals surface area contributed by atoms with Gasteiger partial charge in [-0.05, 0) is 12.1 Å². The first-order valence-corrected chi connectivity index (χ1v) is 5.40. The lowest BCUT2D eigenvalue weighted by Gasteiger charge is -2.13. The summed E-state index contributed by atoms with van der Waals surface area (Å²) in [6.07, 6.45) is 1.11. The third kappa shape index (κ3) is 2.82. The van der Waals surface area contributed by atoms with E-state index in [4.69, 9.17) is 4.74 Å². The Morgan fingerprint density at radius 3 is 2.61 bits per heavy atom. The zero-order valence-electron chi connectivity index (χ0n) is 9.51. The maximum absolute atomic E-state index is 11.7. The Morgan fingerprint density at radius 1 is 1.22 bits per heavy atom. The molecule has 1 heterocycles. The standard InChI is InChI=1S/C13H11NO4/c15-11-6-10(18-8-12(11)16)7-14-13(17)9-4-2-1-3-5-9/h1-6H,7-8H2,(H,14,17). The highest BCUT2D eigenvalue weighted by Gasteiger charge is 2.20. The molecule has 0 spiro atoms. The number of Topliss-reactive ketones (excluding diaryl/α,β-unsaturated/α-hetero) is 1. The molecule has 1 aliphatic heterocycles. The van der Waals surface area contributed by atoms with Crippen molar-refractivity contribution in [2.24, 2.45) is 0 Å². The Morgan fingerprint density at radius 2 is 1.94 bits per heavy atom. The van der Waals surface area contributed by atoms with Crippen molar-refractivity contribution in [2.45, 2.75) is 0 Å². The van der Waals surface area contributed by atoms with Gasteiger partial charge in [0.05, 0.1) is 6.54 Å². The van der Waals surface area contributed by atoms with Gasteiger partial charge in [-0.25, -0.2) is 0 Å². The number of allylic oxidation sites excluding steroid dienone is 1. The van der Waals surface area contributed by atoms with Crippen LogP contribution in [0.5, 0.6) is 0 Å². The van der Waals surface area contributed by atoms with Crippen molar-refractivity contribution in [3.8, 4) is 0 Å². The lowest BCUT2D eigenvalue weighted by molar-refractivity contribution is -0.137. The average molecular weight is 245 g/mol. The van der Waals surface area contributed by atoms with Crippen molar-refractivity contribution in [3.05, 3.63) is 47.7 Å². The van der Waals surface area contributed by atoms with E-state index in [0.29, 0.717) is 11.3 Å². The van der Waals surface area contributed by atoms with E-state index in [-0.39, 0.29) is 19.1 Å². The van der Waals surface area contributed by atoms with Gasteiger partial charge in [0.2, 0.25) is 11.6 Å². The molecule has 0 atom stereocenters. The summed E-state index contributed by atoms with van der Waals surface area (Å²) in [7, 11) is 0. The Labute approximate surface area is 103 Å². The number of rotatable bonds is 3. The molecule has 0 saturated carbocycles. The van der Waals surface area contributed by atoms with Crippen LogP contribution in [0.4, 0.5) is 0 Å². The lowest BCUT2D eigenvalue weighted by Crippen LogP contribution is -2.31. The third-order valence-electron chi connectivity index (χ3n) is 2.41. The highest BCUT2D eigenvalue weighted by atomic mass is 16.5. The number of hydrogen-bond acceptors (Lipinski definition) is 4. The summed E-state index contributed by atoms with van der Waals surface area (Å²) < 4.78 is 5.02. The van der Waals surface area contributed by atoms with Crippen LogP contribution >= 0.6 is 0 Å². The first-order chi connectivity index (χ1) is 8.66. The second-order valence-electron chi connectivity index (χ2n) is 3.74. The summed E-state index contributed by atoms with van der Waals surface area (Å²) in [6, 6.07) is 8.69. The molecule has 18 heavy (non-hydrogen) atoms. The molecule has 92 valence electrons. The van der Waals surface area contributed by atoms with Crippen LogP contribution in [-0.4, -0.2) is 30.6 Å². The summed E-state index contributed by atoms with van der Waals surface area (Å²) in [4.78, 5) is 33.7. The van der Waals surface area contributed by atoms with Crippen molar-refractivity contribution in [1.29, 1.82) is 0 Å². The van der Waals surface area contributed by atoms with Gasteiger partial charge in [0.1, 0.15) is 5.76 Å². The van der Waals surface area contributed by atoms with E-state index in [0.717, 1.165) is 6.08 Å². The molecule has 1 aromatic carbocycles. The summed E-state index contributed by atoms with van der Waals surface area (Å²) in [6.45, 7) is -0.168. The highest BCUT2D eigenvalue weighted by Crippen LogP contribution is 2.04. The number of amides is 1. The van der Waals surface area contributed by atoms with Crippen molar-refractivity contribution in [1.82, 2.24) is 5.32 Å². The SMILES string of the molecule is O=C1C=C(CNC(=O)c2ccccc2)OCC1=O. The van der Waals surface area contributed by atoms with Gasteiger partial charge in [-0.1, -0.05) is 18.2 Å². The van der Waals surface area contributed by atoms with Gasteiger partial charge < -0.3 is 10.1 Å². The molecule has 1 aromatic rings. The molecule has 0 unspecified atom stereocenters. The van der Waals surface area contributed by atoms with Gasteiger partial charge in [-0.2, -0.15) is 0 Å². The van der Waals surface area contributed by atoms with Crippen LogP contribution in [0.2, 0.25) is 0 Å². The molecular formula is C13H11NO4. The van der Waals surface area contributed by atoms with Crippen LogP contribution in [0.3, 0.4) is 0 Å². The fraction of sp³-hybridized carbons (Fsp3) is 0.154. The quantitative estimate of drug-likeness (QED) is 0.786. The minimum absolute atomic E-state index is 0.0900. The summed E-state index contributed by atoms with van der Waals surface area (Å²) in [5.41, 5.74) is 0.524. The predicted octanol–water partition coefficient (Wildman–Crippen LogP) is 0.469. The van der Waals surface area contributed by atoms with Gasteiger partial charge in [-0.15, -0.1) is 0 Å². The van der Waals surface area contributed by atoms with E-state index in [1.165, 1.54) is 0 Å². The van der Waals surface area contributed by atoms with Gasteiger partial charge >= 0.3 is 0 Å². The molecule has 1 N–H and O–H groups in total. The molecule has 0 radical (unpaired) electrons. The molecule has 0 bridgehead atoms. The Hall–Kier alpha value is -2.43. The van der Waals surface area contributed by atoms with Crippen LogP contribution in [0.1, 0.15) is 10.4 Å². The van der Waals surface area contributed by atoms with Crippen molar-refractivity contribution in [2.75, 3.05) is 13.2 Å². The number of carbonyl (C=O) groups excluding carboxylic acids is 3. The molecule has 0 aliphatic carbocycles. The van der Waals surface area contributed by atoms with Gasteiger partial charge in [0, 0.05) is 11.6 Å². The number of hydrogen-bond donors (Lipinski definition) is 1. The van der Waals surface area contributed by atoms with E-state index in [1.807, 2.05) is 6.07 Å². The van der Waals surface area contributed by atoms with Gasteiger partial charge in [0.25, 0.3) is 5.91 Å². The van der Waals surface area contributed by atoms with Gasteiger partial charge in [0.15, 0.2) is 6.61 Å². The van der Waals surface area contributed by atoms with Gasteiger partial charge in [-0.3, -0.25) is 14.4 Å². The van der Waals surface area contributed by atoms with Crippen LogP contribution in [0.15, 0.2) is 42.2 Å². The molecule has 5 nitrogen and oxygen atoms in total. The smallest absolute Gasteiger partial charge is 0.251 e. The van der Waals surface area contributed by atoms with E-state index in [9.17, 15) is 14.4 Å². The topological polar surface area (TPSA) is 72.5 Å². The molecule has 0 fully saturated rings. The molecular weight excluding hydrogens is 234 g/mol. The Kier molecular flexibility index (Phi) is 3.52. The number of ketones is 2. The first kappa shape index (κ1) is 12.0. The van der Waals surface area contributed by atoms with E-state index >= 15 is 0 Å². The second-order valence-corrected chi connectivity index (χ2v) is 3.74. The molecule has 5 heteroatoms. The largest absolute Gasteiger partial charge is 0.488 e. The fourth-order valence-corrected chi connectivity index (χ4v) is 1.46. The van der Waals surface area contributed by atoms with Crippen LogP contribution in [-0.2, 0) is 14.3 Å². The minimum Gasteiger partial charge on any atom is -0.488 e. The monoisotopic (exact) mass is 245 g/mol. The van der Waals surface area contributed by atoms with Crippen molar-refractivity contribution < 1.29 is 19.1 Å². The molecule has 1 aliphatic rings. The van der Waals surface area contributed by atoms with Crippen LogP contribution < -0.4 is 5.32 Å². The normalized spacial score (nSPS) is 14.8. The van der Waals surface area contributed by atoms with E-state index < -0.39 is 11.6 Å². The van der Waals surface area contributed by atoms with E-state index in [2.05, 4.69) is 5.32 Å². The average Bonchev–Trinajstić information content (AvgIpc) is 2.41. The Bertz CT molecular complexity index is 519. The zero-order valence-corrected chi connectivity index (χ0v) is 9.51. The number of ether oxygens (including phenoxy) is 1. The van der Waals surface area contributed by atoms with Crippen molar-refractivity contribution in [3.63, 3.8) is 0 Å². The second kappa shape index (κ2) is 5.27. The third-order valence-corrected chi connectivity index (χ3v) is 2.41. The number of benzene rings is 1. The number of carbonyl (C=O) groups is 3. The molecule has 2 rings (SSSR count). The van der Waals surface area contributed by atoms with Crippen molar-refractivity contribution >= 4 is 17.5 Å². The fourth-order valence-electron chi connectivity index (χ4n) is 1.46. The zero-order chi connectivity index (χ0) is 13.0. The summed E-state index contributed by atoms with van der Waals surface area (Å²) >= 11 is 0. The van der Waals surface area contributed by atoms with Crippen LogP contribution in [0, 0.1) is 0 Å². The molecule has 0 aromatic heterocycles.